The molecule has 2 aromatic rings. The van der Waals surface area contributed by atoms with E-state index >= 15 is 0 Å². The summed E-state index contributed by atoms with van der Waals surface area (Å²) in [6.45, 7) is 5.22. The Labute approximate surface area is 157 Å². The van der Waals surface area contributed by atoms with Crippen molar-refractivity contribution in [2.75, 3.05) is 5.32 Å². The van der Waals surface area contributed by atoms with Gasteiger partial charge in [0.2, 0.25) is 10.0 Å². The van der Waals surface area contributed by atoms with Gasteiger partial charge < -0.3 is 10.4 Å². The zero-order valence-electron chi connectivity index (χ0n) is 14.5. The third-order valence-electron chi connectivity index (χ3n) is 3.99. The first-order valence-electron chi connectivity index (χ1n) is 7.92. The molecule has 3 N–H and O–H groups in total. The fraction of sp³-hybridized carbons (Fsp3) is 0.278. The molecule has 138 valence electrons. The summed E-state index contributed by atoms with van der Waals surface area (Å²) in [4.78, 5) is 12.5. The van der Waals surface area contributed by atoms with Crippen LogP contribution in [0.4, 0.5) is 5.69 Å². The van der Waals surface area contributed by atoms with Crippen LogP contribution in [0.1, 0.15) is 31.9 Å². The van der Waals surface area contributed by atoms with Crippen molar-refractivity contribution in [2.24, 2.45) is 0 Å². The number of nitrogens with one attached hydrogen (secondary N) is 2. The number of halogens is 1. The highest BCUT2D eigenvalue weighted by molar-refractivity contribution is 7.89. The molecule has 1 amide bonds. The summed E-state index contributed by atoms with van der Waals surface area (Å²) < 4.78 is 27.3. The molecule has 0 spiro atoms. The minimum Gasteiger partial charge on any atom is -0.372 e. The van der Waals surface area contributed by atoms with Crippen LogP contribution in [0.2, 0.25) is 5.02 Å². The minimum atomic E-state index is -3.71. The number of benzene rings is 2. The topological polar surface area (TPSA) is 95.5 Å². The molecular weight excluding hydrogens is 376 g/mol. The number of carbonyl (C=O) groups excluding carboxylic acids is 1. The van der Waals surface area contributed by atoms with E-state index in [4.69, 9.17) is 11.6 Å². The largest absolute Gasteiger partial charge is 0.372 e. The summed E-state index contributed by atoms with van der Waals surface area (Å²) in [5, 5.41) is 14.0. The molecule has 1 heterocycles. The molecule has 3 rings (SSSR count). The lowest BCUT2D eigenvalue weighted by Gasteiger charge is -2.23. The first-order chi connectivity index (χ1) is 11.9. The molecule has 1 aliphatic rings. The molecule has 1 aliphatic heterocycles. The number of para-hydroxylation sites is 1. The van der Waals surface area contributed by atoms with E-state index < -0.39 is 27.1 Å². The smallest absolute Gasteiger partial charge is 0.265 e. The number of hydrogen-bond donors (Lipinski definition) is 3. The van der Waals surface area contributed by atoms with Crippen molar-refractivity contribution in [3.8, 4) is 0 Å². The summed E-state index contributed by atoms with van der Waals surface area (Å²) in [7, 11) is -3.71. The van der Waals surface area contributed by atoms with Crippen LogP contribution in [0.15, 0.2) is 47.4 Å². The van der Waals surface area contributed by atoms with Crippen LogP contribution in [0.3, 0.4) is 0 Å². The normalized spacial score (nSPS) is 20.0. The fourth-order valence-electron chi connectivity index (χ4n) is 2.90. The fourth-order valence-corrected chi connectivity index (χ4v) is 4.54. The molecule has 0 bridgehead atoms. The monoisotopic (exact) mass is 394 g/mol. The number of carbonyl (C=O) groups is 1. The van der Waals surface area contributed by atoms with Gasteiger partial charge >= 0.3 is 0 Å². The Kier molecular flexibility index (Phi) is 4.39. The van der Waals surface area contributed by atoms with E-state index in [2.05, 4.69) is 10.0 Å². The molecule has 0 aliphatic carbocycles. The molecule has 0 radical (unpaired) electrons. The van der Waals surface area contributed by atoms with E-state index in [1.807, 2.05) is 0 Å². The Hall–Kier alpha value is -1.93. The van der Waals surface area contributed by atoms with Crippen molar-refractivity contribution in [2.45, 2.75) is 36.8 Å². The number of fused-ring (bicyclic) bond motifs is 1. The second kappa shape index (κ2) is 6.06. The number of sulfonamides is 1. The first kappa shape index (κ1) is 18.8. The lowest BCUT2D eigenvalue weighted by atomic mass is 9.87. The highest BCUT2D eigenvalue weighted by Gasteiger charge is 2.47. The standard InChI is InChI=1S/C18H19ClN2O4S/c1-17(2,3)21-26(24,25)12-9-7-11(8-10-12)18(23)13-5-4-6-14(19)15(13)20-16(18)22/h4-10,21,23H,1-3H3,(H,20,22). The van der Waals surface area contributed by atoms with E-state index in [0.29, 0.717) is 16.3 Å². The van der Waals surface area contributed by atoms with Crippen LogP contribution in [0.5, 0.6) is 0 Å². The molecular formula is C18H19ClN2O4S. The van der Waals surface area contributed by atoms with Gasteiger partial charge in [0, 0.05) is 11.1 Å². The van der Waals surface area contributed by atoms with Crippen LogP contribution in [0.25, 0.3) is 0 Å². The molecule has 26 heavy (non-hydrogen) atoms. The van der Waals surface area contributed by atoms with Crippen molar-refractivity contribution in [1.82, 2.24) is 4.72 Å². The van der Waals surface area contributed by atoms with Gasteiger partial charge in [-0.3, -0.25) is 4.79 Å². The molecule has 8 heteroatoms. The Morgan fingerprint density at radius 3 is 2.31 bits per heavy atom. The average Bonchev–Trinajstić information content (AvgIpc) is 2.79. The third-order valence-corrected chi connectivity index (χ3v) is 6.08. The summed E-state index contributed by atoms with van der Waals surface area (Å²) >= 11 is 6.08. The summed E-state index contributed by atoms with van der Waals surface area (Å²) in [5.41, 5.74) is -1.62. The summed E-state index contributed by atoms with van der Waals surface area (Å²) in [6, 6.07) is 10.4. The molecule has 0 saturated heterocycles. The van der Waals surface area contributed by atoms with E-state index in [1.54, 1.807) is 39.0 Å². The quantitative estimate of drug-likeness (QED) is 0.745. The van der Waals surface area contributed by atoms with Crippen LogP contribution < -0.4 is 10.0 Å². The Morgan fingerprint density at radius 2 is 1.73 bits per heavy atom. The SMILES string of the molecule is CC(C)(C)NS(=O)(=O)c1ccc(C2(O)C(=O)Nc3c(Cl)cccc32)cc1. The van der Waals surface area contributed by atoms with Crippen LogP contribution in [-0.4, -0.2) is 25.0 Å². The van der Waals surface area contributed by atoms with Gasteiger partial charge in [-0.25, -0.2) is 13.1 Å². The molecule has 0 aromatic heterocycles. The van der Waals surface area contributed by atoms with Gasteiger partial charge in [-0.1, -0.05) is 35.9 Å². The minimum absolute atomic E-state index is 0.0458. The van der Waals surface area contributed by atoms with Gasteiger partial charge in [-0.2, -0.15) is 0 Å². The van der Waals surface area contributed by atoms with E-state index in [0.717, 1.165) is 0 Å². The number of anilines is 1. The maximum atomic E-state index is 12.4. The van der Waals surface area contributed by atoms with E-state index in [-0.39, 0.29) is 10.5 Å². The predicted molar refractivity (Wildman–Crippen MR) is 99.6 cm³/mol. The Bertz CT molecular complexity index is 981. The maximum absolute atomic E-state index is 12.4. The summed E-state index contributed by atoms with van der Waals surface area (Å²) in [6.07, 6.45) is 0. The molecule has 1 unspecified atom stereocenters. The van der Waals surface area contributed by atoms with Gasteiger partial charge in [-0.05, 0) is 44.5 Å². The lowest BCUT2D eigenvalue weighted by Crippen LogP contribution is -2.40. The van der Waals surface area contributed by atoms with Gasteiger partial charge in [0.05, 0.1) is 15.6 Å². The molecule has 1 atom stereocenters. The van der Waals surface area contributed by atoms with Gasteiger partial charge in [0.15, 0.2) is 5.60 Å². The molecule has 0 fully saturated rings. The molecule has 6 nitrogen and oxygen atoms in total. The number of rotatable bonds is 3. The maximum Gasteiger partial charge on any atom is 0.265 e. The lowest BCUT2D eigenvalue weighted by molar-refractivity contribution is -0.129. The van der Waals surface area contributed by atoms with Crippen LogP contribution in [0, 0.1) is 0 Å². The van der Waals surface area contributed by atoms with E-state index in [9.17, 15) is 18.3 Å². The third kappa shape index (κ3) is 3.12. The average molecular weight is 395 g/mol. The Balaban J connectivity index is 2.03. The summed E-state index contributed by atoms with van der Waals surface area (Å²) in [5.74, 6) is -0.635. The van der Waals surface area contributed by atoms with Crippen molar-refractivity contribution in [3.05, 3.63) is 58.6 Å². The molecule has 0 saturated carbocycles. The second-order valence-electron chi connectivity index (χ2n) is 7.21. The first-order valence-corrected chi connectivity index (χ1v) is 9.78. The Morgan fingerprint density at radius 1 is 1.12 bits per heavy atom. The number of amides is 1. The molecule has 2 aromatic carbocycles. The number of aliphatic hydroxyl groups is 1. The van der Waals surface area contributed by atoms with Crippen molar-refractivity contribution < 1.29 is 18.3 Å². The van der Waals surface area contributed by atoms with Crippen molar-refractivity contribution >= 4 is 33.2 Å². The highest BCUT2D eigenvalue weighted by Crippen LogP contribution is 2.44. The van der Waals surface area contributed by atoms with Gasteiger partial charge in [-0.15, -0.1) is 0 Å². The van der Waals surface area contributed by atoms with Crippen molar-refractivity contribution in [3.63, 3.8) is 0 Å². The zero-order chi connectivity index (χ0) is 19.3. The highest BCUT2D eigenvalue weighted by atomic mass is 35.5. The zero-order valence-corrected chi connectivity index (χ0v) is 16.1. The number of hydrogen-bond acceptors (Lipinski definition) is 4. The van der Waals surface area contributed by atoms with Crippen LogP contribution >= 0.6 is 11.6 Å². The van der Waals surface area contributed by atoms with Crippen LogP contribution in [-0.2, 0) is 20.4 Å². The van der Waals surface area contributed by atoms with E-state index in [1.165, 1.54) is 24.3 Å². The predicted octanol–water partition coefficient (Wildman–Crippen LogP) is 2.60. The van der Waals surface area contributed by atoms with Gasteiger partial charge in [0.25, 0.3) is 5.91 Å². The van der Waals surface area contributed by atoms with Gasteiger partial charge in [0.1, 0.15) is 0 Å². The van der Waals surface area contributed by atoms with Crippen molar-refractivity contribution in [1.29, 1.82) is 0 Å². The second-order valence-corrected chi connectivity index (χ2v) is 9.30.